The molecule has 0 saturated heterocycles. The number of sulfonamides is 1. The molecular formula is C17H24N2O3S. The molecule has 0 spiro atoms. The third-order valence-electron chi connectivity index (χ3n) is 3.42. The van der Waals surface area contributed by atoms with Gasteiger partial charge in [-0.3, -0.25) is 9.52 Å². The fourth-order valence-corrected chi connectivity index (χ4v) is 4.27. The molecule has 2 aromatic rings. The fourth-order valence-electron chi connectivity index (χ4n) is 2.61. The lowest BCUT2D eigenvalue weighted by Gasteiger charge is -2.18. The average molecular weight is 336 g/mol. The molecule has 1 amide bonds. The summed E-state index contributed by atoms with van der Waals surface area (Å²) in [6.07, 6.45) is 3.48. The van der Waals surface area contributed by atoms with Gasteiger partial charge in [-0.1, -0.05) is 39.0 Å². The van der Waals surface area contributed by atoms with Crippen LogP contribution in [0.2, 0.25) is 0 Å². The summed E-state index contributed by atoms with van der Waals surface area (Å²) in [6.45, 7) is 5.48. The summed E-state index contributed by atoms with van der Waals surface area (Å²) in [5.74, 6) is -0.497. The van der Waals surface area contributed by atoms with Crippen molar-refractivity contribution in [2.75, 3.05) is 5.75 Å². The Morgan fingerprint density at radius 3 is 2.61 bits per heavy atom. The smallest absolute Gasteiger partial charge is 0.235 e. The molecule has 0 fully saturated rings. The molecule has 1 aromatic carbocycles. The van der Waals surface area contributed by atoms with Crippen LogP contribution in [-0.2, 0) is 21.2 Å². The molecule has 0 bridgehead atoms. The van der Waals surface area contributed by atoms with Gasteiger partial charge in [0.15, 0.2) is 0 Å². The third-order valence-corrected chi connectivity index (χ3v) is 5.20. The summed E-state index contributed by atoms with van der Waals surface area (Å²) in [5.41, 5.74) is 1.83. The monoisotopic (exact) mass is 336 g/mol. The first kappa shape index (κ1) is 17.5. The van der Waals surface area contributed by atoms with E-state index in [1.165, 1.54) is 0 Å². The second kappa shape index (κ2) is 6.74. The van der Waals surface area contributed by atoms with E-state index in [-0.39, 0.29) is 17.6 Å². The topological polar surface area (TPSA) is 79.0 Å². The van der Waals surface area contributed by atoms with Crippen LogP contribution < -0.4 is 4.72 Å². The van der Waals surface area contributed by atoms with Crippen molar-refractivity contribution in [1.29, 1.82) is 0 Å². The van der Waals surface area contributed by atoms with E-state index < -0.39 is 15.9 Å². The number of para-hydroxylation sites is 1. The zero-order valence-corrected chi connectivity index (χ0v) is 14.7. The first-order valence-electron chi connectivity index (χ1n) is 7.75. The van der Waals surface area contributed by atoms with Gasteiger partial charge in [0, 0.05) is 23.5 Å². The minimum atomic E-state index is -3.56. The van der Waals surface area contributed by atoms with Gasteiger partial charge in [-0.15, -0.1) is 0 Å². The molecule has 0 atom stereocenters. The van der Waals surface area contributed by atoms with E-state index in [1.54, 1.807) is 0 Å². The van der Waals surface area contributed by atoms with Crippen molar-refractivity contribution < 1.29 is 13.2 Å². The van der Waals surface area contributed by atoms with Crippen molar-refractivity contribution in [1.82, 2.24) is 9.71 Å². The molecule has 1 aromatic heterocycles. The average Bonchev–Trinajstić information content (AvgIpc) is 2.79. The number of hydrogen-bond donors (Lipinski definition) is 2. The molecule has 0 radical (unpaired) electrons. The number of carbonyl (C=O) groups excluding carboxylic acids is 1. The Bertz CT molecular complexity index is 786. The van der Waals surface area contributed by atoms with E-state index >= 15 is 0 Å². The van der Waals surface area contributed by atoms with Crippen LogP contribution in [0.15, 0.2) is 30.5 Å². The van der Waals surface area contributed by atoms with Gasteiger partial charge in [0.1, 0.15) is 0 Å². The number of benzene rings is 1. The maximum absolute atomic E-state index is 11.9. The van der Waals surface area contributed by atoms with E-state index in [1.807, 2.05) is 51.2 Å². The van der Waals surface area contributed by atoms with E-state index in [0.29, 0.717) is 6.42 Å². The normalized spacial score (nSPS) is 12.5. The molecule has 0 unspecified atom stereocenters. The standard InChI is InChI=1S/C17H24N2O3S/c1-17(2,3)12-23(21,22)19-16(20)10-6-7-13-11-18-15-9-5-4-8-14(13)15/h4-5,8-9,11,18H,6-7,10,12H2,1-3H3,(H,19,20). The van der Waals surface area contributed by atoms with Gasteiger partial charge in [0.05, 0.1) is 5.75 Å². The van der Waals surface area contributed by atoms with Gasteiger partial charge in [0.25, 0.3) is 0 Å². The number of fused-ring (bicyclic) bond motifs is 1. The molecule has 0 aliphatic heterocycles. The highest BCUT2D eigenvalue weighted by molar-refractivity contribution is 7.90. The number of H-pyrrole nitrogens is 1. The molecule has 1 heterocycles. The minimum absolute atomic E-state index is 0.0613. The number of aryl methyl sites for hydroxylation is 1. The number of nitrogens with one attached hydrogen (secondary N) is 2. The number of aromatic amines is 1. The molecule has 126 valence electrons. The summed E-state index contributed by atoms with van der Waals surface area (Å²) in [5, 5.41) is 1.15. The maximum Gasteiger partial charge on any atom is 0.235 e. The molecular weight excluding hydrogens is 312 g/mol. The lowest BCUT2D eigenvalue weighted by atomic mass is 10.0. The van der Waals surface area contributed by atoms with Gasteiger partial charge in [0.2, 0.25) is 15.9 Å². The molecule has 0 aliphatic carbocycles. The Labute approximate surface area is 137 Å². The summed E-state index contributed by atoms with van der Waals surface area (Å²) >= 11 is 0. The third kappa shape index (κ3) is 5.39. The second-order valence-electron chi connectivity index (χ2n) is 7.06. The quantitative estimate of drug-likeness (QED) is 0.851. The molecule has 0 saturated carbocycles. The van der Waals surface area contributed by atoms with Crippen LogP contribution in [0, 0.1) is 5.41 Å². The highest BCUT2D eigenvalue weighted by atomic mass is 32.2. The molecule has 2 rings (SSSR count). The van der Waals surface area contributed by atoms with Crippen molar-refractivity contribution in [2.45, 2.75) is 40.0 Å². The molecule has 0 aliphatic rings. The Balaban J connectivity index is 1.85. The van der Waals surface area contributed by atoms with Gasteiger partial charge in [-0.05, 0) is 29.9 Å². The number of rotatable bonds is 6. The Hall–Kier alpha value is -1.82. The van der Waals surface area contributed by atoms with Crippen molar-refractivity contribution in [3.8, 4) is 0 Å². The summed E-state index contributed by atoms with van der Waals surface area (Å²) in [7, 11) is -3.56. The van der Waals surface area contributed by atoms with Crippen molar-refractivity contribution in [3.63, 3.8) is 0 Å². The molecule has 23 heavy (non-hydrogen) atoms. The van der Waals surface area contributed by atoms with Crippen molar-refractivity contribution in [2.24, 2.45) is 5.41 Å². The number of amides is 1. The van der Waals surface area contributed by atoms with Gasteiger partial charge in [-0.2, -0.15) is 0 Å². The highest BCUT2D eigenvalue weighted by Crippen LogP contribution is 2.19. The first-order chi connectivity index (χ1) is 10.7. The zero-order valence-electron chi connectivity index (χ0n) is 13.8. The largest absolute Gasteiger partial charge is 0.361 e. The van der Waals surface area contributed by atoms with Crippen molar-refractivity contribution >= 4 is 26.8 Å². The van der Waals surface area contributed by atoms with Crippen LogP contribution in [0.4, 0.5) is 0 Å². The number of carbonyl (C=O) groups is 1. The fraction of sp³-hybridized carbons (Fsp3) is 0.471. The summed E-state index contributed by atoms with van der Waals surface area (Å²) in [4.78, 5) is 15.0. The number of hydrogen-bond acceptors (Lipinski definition) is 3. The Morgan fingerprint density at radius 1 is 1.22 bits per heavy atom. The predicted octanol–water partition coefficient (Wildman–Crippen LogP) is 2.98. The second-order valence-corrected chi connectivity index (χ2v) is 8.78. The first-order valence-corrected chi connectivity index (χ1v) is 9.40. The van der Waals surface area contributed by atoms with E-state index in [4.69, 9.17) is 0 Å². The van der Waals surface area contributed by atoms with Crippen LogP contribution in [-0.4, -0.2) is 25.1 Å². The van der Waals surface area contributed by atoms with Gasteiger partial charge < -0.3 is 4.98 Å². The molecule has 5 nitrogen and oxygen atoms in total. The van der Waals surface area contributed by atoms with Crippen LogP contribution >= 0.6 is 0 Å². The predicted molar refractivity (Wildman–Crippen MR) is 92.6 cm³/mol. The van der Waals surface area contributed by atoms with Crippen LogP contribution in [0.5, 0.6) is 0 Å². The van der Waals surface area contributed by atoms with E-state index in [0.717, 1.165) is 22.9 Å². The van der Waals surface area contributed by atoms with Crippen LogP contribution in [0.25, 0.3) is 10.9 Å². The lowest BCUT2D eigenvalue weighted by molar-refractivity contribution is -0.119. The highest BCUT2D eigenvalue weighted by Gasteiger charge is 2.23. The minimum Gasteiger partial charge on any atom is -0.361 e. The van der Waals surface area contributed by atoms with Crippen molar-refractivity contribution in [3.05, 3.63) is 36.0 Å². The van der Waals surface area contributed by atoms with Crippen LogP contribution in [0.1, 0.15) is 39.2 Å². The lowest BCUT2D eigenvalue weighted by Crippen LogP contribution is -2.36. The molecule has 6 heteroatoms. The number of aromatic nitrogens is 1. The van der Waals surface area contributed by atoms with Gasteiger partial charge >= 0.3 is 0 Å². The Kier molecular flexibility index (Phi) is 5.14. The SMILES string of the molecule is CC(C)(C)CS(=O)(=O)NC(=O)CCCc1c[nH]c2ccccc12. The summed E-state index contributed by atoms with van der Waals surface area (Å²) < 4.78 is 25.9. The zero-order chi connectivity index (χ0) is 17.1. The van der Waals surface area contributed by atoms with E-state index in [2.05, 4.69) is 9.71 Å². The summed E-state index contributed by atoms with van der Waals surface area (Å²) in [6, 6.07) is 7.99. The van der Waals surface area contributed by atoms with Gasteiger partial charge in [-0.25, -0.2) is 8.42 Å². The van der Waals surface area contributed by atoms with Crippen LogP contribution in [0.3, 0.4) is 0 Å². The maximum atomic E-state index is 11.9. The Morgan fingerprint density at radius 2 is 1.91 bits per heavy atom. The molecule has 2 N–H and O–H groups in total. The van der Waals surface area contributed by atoms with E-state index in [9.17, 15) is 13.2 Å².